The molecule has 3 rings (SSSR count). The summed E-state index contributed by atoms with van der Waals surface area (Å²) in [6.07, 6.45) is 1.60. The molecule has 0 atom stereocenters. The summed E-state index contributed by atoms with van der Waals surface area (Å²) in [6, 6.07) is 16.8. The van der Waals surface area contributed by atoms with Crippen molar-refractivity contribution in [2.75, 3.05) is 31.6 Å². The van der Waals surface area contributed by atoms with Gasteiger partial charge in [0.25, 0.3) is 0 Å². The van der Waals surface area contributed by atoms with Gasteiger partial charge < -0.3 is 15.5 Å². The number of anilines is 1. The number of amides is 1. The van der Waals surface area contributed by atoms with Gasteiger partial charge in [-0.1, -0.05) is 50.2 Å². The summed E-state index contributed by atoms with van der Waals surface area (Å²) in [5.74, 6) is 0.994. The summed E-state index contributed by atoms with van der Waals surface area (Å²) < 4.78 is 0. The zero-order valence-electron chi connectivity index (χ0n) is 19.0. The average molecular weight is 422 g/mol. The Bertz CT molecular complexity index is 874. The van der Waals surface area contributed by atoms with Gasteiger partial charge in [0.1, 0.15) is 0 Å². The van der Waals surface area contributed by atoms with E-state index in [1.165, 1.54) is 11.1 Å². The molecule has 0 spiro atoms. The highest BCUT2D eigenvalue weighted by Crippen LogP contribution is 2.21. The van der Waals surface area contributed by atoms with Crippen LogP contribution in [0, 0.1) is 0 Å². The monoisotopic (exact) mass is 421 g/mol. The first-order valence-electron chi connectivity index (χ1n) is 11.3. The summed E-state index contributed by atoms with van der Waals surface area (Å²) in [5, 5.41) is 6.82. The number of hydrogen-bond donors (Lipinski definition) is 2. The number of carbonyl (C=O) groups excluding carboxylic acids is 1. The number of benzene rings is 2. The molecule has 1 aliphatic rings. The molecule has 1 aliphatic heterocycles. The number of nitrogens with zero attached hydrogens (tertiary/aromatic N) is 3. The van der Waals surface area contributed by atoms with Crippen molar-refractivity contribution < 1.29 is 4.79 Å². The minimum Gasteiger partial charge on any atom is -0.352 e. The van der Waals surface area contributed by atoms with Crippen LogP contribution >= 0.6 is 0 Å². The molecule has 0 radical (unpaired) electrons. The van der Waals surface area contributed by atoms with Crippen LogP contribution in [-0.2, 0) is 24.4 Å². The number of guanidine groups is 1. The van der Waals surface area contributed by atoms with E-state index < -0.39 is 0 Å². The molecule has 1 amide bonds. The molecular weight excluding hydrogens is 386 g/mol. The van der Waals surface area contributed by atoms with Gasteiger partial charge in [0.05, 0.1) is 0 Å². The highest BCUT2D eigenvalue weighted by Gasteiger charge is 2.21. The maximum absolute atomic E-state index is 11.9. The minimum absolute atomic E-state index is 0.219. The molecule has 2 N–H and O–H groups in total. The molecule has 0 saturated carbocycles. The van der Waals surface area contributed by atoms with Gasteiger partial charge in [-0.15, -0.1) is 0 Å². The quantitative estimate of drug-likeness (QED) is 0.480. The number of aliphatic imine (C=N–C) groups is 1. The van der Waals surface area contributed by atoms with Crippen molar-refractivity contribution in [3.63, 3.8) is 0 Å². The Morgan fingerprint density at radius 3 is 2.29 bits per heavy atom. The van der Waals surface area contributed by atoms with Crippen LogP contribution in [0.15, 0.2) is 53.5 Å². The van der Waals surface area contributed by atoms with Gasteiger partial charge in [-0.25, -0.2) is 0 Å². The second-order valence-electron chi connectivity index (χ2n) is 7.82. The van der Waals surface area contributed by atoms with Gasteiger partial charge in [0.15, 0.2) is 5.96 Å². The Kier molecular flexibility index (Phi) is 8.47. The van der Waals surface area contributed by atoms with Crippen LogP contribution in [0.25, 0.3) is 0 Å². The van der Waals surface area contributed by atoms with Crippen molar-refractivity contribution in [2.45, 2.75) is 46.3 Å². The molecule has 0 unspecified atom stereocenters. The summed E-state index contributed by atoms with van der Waals surface area (Å²) >= 11 is 0. The number of carbonyl (C=O) groups is 1. The third-order valence-electron chi connectivity index (χ3n) is 5.86. The molecule has 6 heteroatoms. The molecule has 2 aromatic rings. The zero-order valence-corrected chi connectivity index (χ0v) is 19.0. The largest absolute Gasteiger partial charge is 0.352 e. The molecule has 1 heterocycles. The SMILES string of the molecule is CCN(CC)Cc1ccccc1CNC(=NC)NCc1ccc(N2CCCC2=O)cc1. The Morgan fingerprint density at radius 2 is 1.68 bits per heavy atom. The van der Waals surface area contributed by atoms with Crippen LogP contribution in [0.2, 0.25) is 0 Å². The molecule has 0 aromatic heterocycles. The smallest absolute Gasteiger partial charge is 0.227 e. The fourth-order valence-corrected chi connectivity index (χ4v) is 3.87. The molecule has 0 bridgehead atoms. The highest BCUT2D eigenvalue weighted by molar-refractivity contribution is 5.95. The Hall–Kier alpha value is -2.86. The first kappa shape index (κ1) is 22.8. The number of hydrogen-bond acceptors (Lipinski definition) is 3. The molecule has 2 aromatic carbocycles. The fraction of sp³-hybridized carbons (Fsp3) is 0.440. The molecule has 0 aliphatic carbocycles. The lowest BCUT2D eigenvalue weighted by Crippen LogP contribution is -2.36. The third-order valence-corrected chi connectivity index (χ3v) is 5.86. The van der Waals surface area contributed by atoms with Crippen LogP contribution in [0.5, 0.6) is 0 Å². The third kappa shape index (κ3) is 6.31. The van der Waals surface area contributed by atoms with Crippen LogP contribution in [-0.4, -0.2) is 43.4 Å². The Balaban J connectivity index is 1.53. The topological polar surface area (TPSA) is 60.0 Å². The van der Waals surface area contributed by atoms with Gasteiger partial charge in [-0.3, -0.25) is 14.7 Å². The fourth-order valence-electron chi connectivity index (χ4n) is 3.87. The first-order valence-corrected chi connectivity index (χ1v) is 11.3. The van der Waals surface area contributed by atoms with Crippen molar-refractivity contribution in [3.8, 4) is 0 Å². The van der Waals surface area contributed by atoms with E-state index in [9.17, 15) is 4.79 Å². The number of nitrogens with one attached hydrogen (secondary N) is 2. The predicted molar refractivity (Wildman–Crippen MR) is 128 cm³/mol. The van der Waals surface area contributed by atoms with E-state index in [4.69, 9.17) is 0 Å². The zero-order chi connectivity index (χ0) is 22.1. The average Bonchev–Trinajstić information content (AvgIpc) is 3.24. The Labute approximate surface area is 186 Å². The highest BCUT2D eigenvalue weighted by atomic mass is 16.2. The maximum atomic E-state index is 11.9. The van der Waals surface area contributed by atoms with E-state index in [-0.39, 0.29) is 5.91 Å². The van der Waals surface area contributed by atoms with Gasteiger partial charge >= 0.3 is 0 Å². The summed E-state index contributed by atoms with van der Waals surface area (Å²) in [7, 11) is 1.79. The molecule has 166 valence electrons. The van der Waals surface area contributed by atoms with E-state index >= 15 is 0 Å². The summed E-state index contributed by atoms with van der Waals surface area (Å²) in [6.45, 7) is 9.68. The molecule has 1 fully saturated rings. The van der Waals surface area contributed by atoms with Gasteiger partial charge in [0, 0.05) is 45.3 Å². The van der Waals surface area contributed by atoms with Gasteiger partial charge in [0.2, 0.25) is 5.91 Å². The Morgan fingerprint density at radius 1 is 1.00 bits per heavy atom. The maximum Gasteiger partial charge on any atom is 0.227 e. The summed E-state index contributed by atoms with van der Waals surface area (Å²) in [5.41, 5.74) is 4.78. The standard InChI is InChI=1S/C25H35N5O/c1-4-29(5-2)19-22-10-7-6-9-21(22)18-28-25(26-3)27-17-20-12-14-23(15-13-20)30-16-8-11-24(30)31/h6-7,9-10,12-15H,4-5,8,11,16-19H2,1-3H3,(H2,26,27,28). The van der Waals surface area contributed by atoms with Crippen molar-refractivity contribution in [1.82, 2.24) is 15.5 Å². The second-order valence-corrected chi connectivity index (χ2v) is 7.82. The summed E-state index contributed by atoms with van der Waals surface area (Å²) in [4.78, 5) is 20.6. The molecule has 31 heavy (non-hydrogen) atoms. The van der Waals surface area contributed by atoms with E-state index in [1.54, 1.807) is 7.05 Å². The molecular formula is C25H35N5O. The lowest BCUT2D eigenvalue weighted by atomic mass is 10.1. The lowest BCUT2D eigenvalue weighted by molar-refractivity contribution is -0.117. The second kappa shape index (κ2) is 11.5. The van der Waals surface area contributed by atoms with Gasteiger partial charge in [-0.05, 0) is 48.3 Å². The minimum atomic E-state index is 0.219. The van der Waals surface area contributed by atoms with Crippen molar-refractivity contribution >= 4 is 17.6 Å². The normalized spacial score (nSPS) is 14.4. The number of rotatable bonds is 9. The first-order chi connectivity index (χ1) is 15.1. The van der Waals surface area contributed by atoms with E-state index in [1.807, 2.05) is 17.0 Å². The van der Waals surface area contributed by atoms with Crippen molar-refractivity contribution in [2.24, 2.45) is 4.99 Å². The van der Waals surface area contributed by atoms with Crippen LogP contribution in [0.3, 0.4) is 0 Å². The van der Waals surface area contributed by atoms with Crippen LogP contribution in [0.1, 0.15) is 43.4 Å². The molecule has 1 saturated heterocycles. The van der Waals surface area contributed by atoms with Crippen LogP contribution < -0.4 is 15.5 Å². The molecule has 6 nitrogen and oxygen atoms in total. The van der Waals surface area contributed by atoms with Crippen molar-refractivity contribution in [1.29, 1.82) is 0 Å². The van der Waals surface area contributed by atoms with E-state index in [0.717, 1.165) is 56.4 Å². The lowest BCUT2D eigenvalue weighted by Gasteiger charge is -2.21. The predicted octanol–water partition coefficient (Wildman–Crippen LogP) is 3.52. The van der Waals surface area contributed by atoms with Crippen LogP contribution in [0.4, 0.5) is 5.69 Å². The van der Waals surface area contributed by atoms with Gasteiger partial charge in [-0.2, -0.15) is 0 Å². The van der Waals surface area contributed by atoms with E-state index in [2.05, 4.69) is 70.8 Å². The van der Waals surface area contributed by atoms with E-state index in [0.29, 0.717) is 13.0 Å². The van der Waals surface area contributed by atoms with Crippen molar-refractivity contribution in [3.05, 3.63) is 65.2 Å².